The first-order valence-electron chi connectivity index (χ1n) is 36.7. The lowest BCUT2D eigenvalue weighted by Crippen LogP contribution is -2.30. The van der Waals surface area contributed by atoms with E-state index in [4.69, 9.17) is 37.0 Å². The molecule has 17 nitrogen and oxygen atoms in total. The van der Waals surface area contributed by atoms with Crippen LogP contribution in [-0.2, 0) is 65.4 Å². The minimum absolute atomic E-state index is 0.107. The van der Waals surface area contributed by atoms with Gasteiger partial charge in [0.2, 0.25) is 0 Å². The zero-order chi connectivity index (χ0) is 65.6. The summed E-state index contributed by atoms with van der Waals surface area (Å²) in [6, 6.07) is 0. The summed E-state index contributed by atoms with van der Waals surface area (Å²) in [5.74, 6) is -1.35. The normalized spacial score (nSPS) is 14.4. The number of aliphatic hydroxyl groups excluding tert-OH is 1. The molecular weight excluding hydrogens is 1170 g/mol. The van der Waals surface area contributed by atoms with Gasteiger partial charge in [0.05, 0.1) is 26.4 Å². The fraction of sp³-hybridized carbons (Fsp3) is 0.943. The Hall–Kier alpha value is -1.94. The minimum atomic E-state index is -4.95. The number of unbranched alkanes of at least 4 members (excludes halogenated alkanes) is 41. The summed E-state index contributed by atoms with van der Waals surface area (Å²) in [6.07, 6.45) is 50.0. The van der Waals surface area contributed by atoms with Crippen molar-refractivity contribution in [2.24, 2.45) is 5.92 Å². The molecule has 0 bridgehead atoms. The highest BCUT2D eigenvalue weighted by Gasteiger charge is 2.30. The Labute approximate surface area is 543 Å². The zero-order valence-corrected chi connectivity index (χ0v) is 59.4. The molecule has 0 aliphatic carbocycles. The van der Waals surface area contributed by atoms with Crippen LogP contribution >= 0.6 is 15.6 Å². The van der Waals surface area contributed by atoms with Crippen LogP contribution in [0.2, 0.25) is 0 Å². The maximum Gasteiger partial charge on any atom is 0.472 e. The molecule has 0 saturated carbocycles. The van der Waals surface area contributed by atoms with E-state index in [1.54, 1.807) is 0 Å². The van der Waals surface area contributed by atoms with Crippen molar-refractivity contribution in [2.45, 2.75) is 380 Å². The highest BCUT2D eigenvalue weighted by Crippen LogP contribution is 2.45. The number of hydrogen-bond donors (Lipinski definition) is 3. The van der Waals surface area contributed by atoms with Crippen molar-refractivity contribution in [3.8, 4) is 0 Å². The van der Waals surface area contributed by atoms with E-state index in [1.807, 2.05) is 0 Å². The van der Waals surface area contributed by atoms with E-state index in [0.29, 0.717) is 25.7 Å². The summed E-state index contributed by atoms with van der Waals surface area (Å²) < 4.78 is 68.2. The summed E-state index contributed by atoms with van der Waals surface area (Å²) >= 11 is 0. The molecule has 0 spiro atoms. The van der Waals surface area contributed by atoms with Crippen LogP contribution in [0.4, 0.5) is 0 Å². The van der Waals surface area contributed by atoms with Crippen molar-refractivity contribution in [3.05, 3.63) is 0 Å². The smallest absolute Gasteiger partial charge is 0.462 e. The maximum atomic E-state index is 13.0. The van der Waals surface area contributed by atoms with Crippen molar-refractivity contribution in [2.75, 3.05) is 39.6 Å². The van der Waals surface area contributed by atoms with E-state index in [1.165, 1.54) is 173 Å². The average molecular weight is 1310 g/mol. The molecule has 0 heterocycles. The Kier molecular flexibility index (Phi) is 62.1. The van der Waals surface area contributed by atoms with Gasteiger partial charge in [0.25, 0.3) is 0 Å². The van der Waals surface area contributed by atoms with Crippen LogP contribution in [0.1, 0.15) is 362 Å². The van der Waals surface area contributed by atoms with Crippen LogP contribution in [0.5, 0.6) is 0 Å². The summed E-state index contributed by atoms with van der Waals surface area (Å²) in [5.41, 5.74) is 0. The maximum absolute atomic E-state index is 13.0. The summed E-state index contributed by atoms with van der Waals surface area (Å²) in [5, 5.41) is 10.6. The lowest BCUT2D eigenvalue weighted by atomic mass is 9.99. The summed E-state index contributed by atoms with van der Waals surface area (Å²) in [6.45, 7) is 7.21. The van der Waals surface area contributed by atoms with Crippen LogP contribution in [0, 0.1) is 5.92 Å². The van der Waals surface area contributed by atoms with Crippen LogP contribution in [0.15, 0.2) is 0 Å². The quantitative estimate of drug-likeness (QED) is 0.0222. The Morgan fingerprint density at radius 2 is 0.539 bits per heavy atom. The molecule has 0 aliphatic rings. The molecule has 19 heteroatoms. The highest BCUT2D eigenvalue weighted by atomic mass is 31.2. The average Bonchev–Trinajstić information content (AvgIpc) is 3.52. The van der Waals surface area contributed by atoms with Gasteiger partial charge < -0.3 is 33.8 Å². The summed E-state index contributed by atoms with van der Waals surface area (Å²) in [4.78, 5) is 72.4. The fourth-order valence-corrected chi connectivity index (χ4v) is 12.2. The highest BCUT2D eigenvalue weighted by molar-refractivity contribution is 7.47. The predicted octanol–water partition coefficient (Wildman–Crippen LogP) is 20.1. The first-order chi connectivity index (χ1) is 43.1. The van der Waals surface area contributed by atoms with Gasteiger partial charge in [0.1, 0.15) is 19.3 Å². The second-order valence-corrected chi connectivity index (χ2v) is 28.4. The van der Waals surface area contributed by atoms with E-state index in [2.05, 4.69) is 34.6 Å². The third-order valence-corrected chi connectivity index (χ3v) is 18.5. The Bertz CT molecular complexity index is 1720. The largest absolute Gasteiger partial charge is 0.472 e. The second-order valence-electron chi connectivity index (χ2n) is 25.5. The van der Waals surface area contributed by atoms with E-state index in [0.717, 1.165) is 109 Å². The van der Waals surface area contributed by atoms with Crippen LogP contribution in [0.25, 0.3) is 0 Å². The van der Waals surface area contributed by atoms with Crippen molar-refractivity contribution in [1.29, 1.82) is 0 Å². The number of phosphoric ester groups is 2. The number of hydrogen-bond acceptors (Lipinski definition) is 15. The Morgan fingerprint density at radius 3 is 0.798 bits per heavy atom. The molecule has 0 aliphatic heterocycles. The predicted molar refractivity (Wildman–Crippen MR) is 358 cm³/mol. The number of ether oxygens (including phenoxy) is 4. The molecule has 0 aromatic rings. The zero-order valence-electron chi connectivity index (χ0n) is 57.6. The number of phosphoric acid groups is 2. The van der Waals surface area contributed by atoms with Crippen LogP contribution < -0.4 is 0 Å². The van der Waals surface area contributed by atoms with Crippen LogP contribution in [-0.4, -0.2) is 96.7 Å². The van der Waals surface area contributed by atoms with Crippen molar-refractivity contribution >= 4 is 39.5 Å². The third-order valence-electron chi connectivity index (χ3n) is 16.6. The fourth-order valence-electron chi connectivity index (χ4n) is 10.6. The van der Waals surface area contributed by atoms with E-state index in [9.17, 15) is 43.2 Å². The van der Waals surface area contributed by atoms with Gasteiger partial charge in [-0.1, -0.05) is 311 Å². The molecule has 0 aromatic carbocycles. The Balaban J connectivity index is 5.19. The molecule has 89 heavy (non-hydrogen) atoms. The van der Waals surface area contributed by atoms with Gasteiger partial charge in [0, 0.05) is 25.7 Å². The number of aliphatic hydroxyl groups is 1. The standard InChI is InChI=1S/C70H136O17P2/c1-6-10-13-16-19-21-23-25-26-27-28-29-30-32-34-41-46-51-56-70(75)87-66(60-81-68(73)54-49-44-39-36-35-38-42-47-52-63(5)9-4)62-85-89(78,79)83-58-64(71)57-82-88(76,77)84-61-65(59-80-67(72)53-48-43-37-18-15-12-8-3)86-69(74)55-50-45-40-33-31-24-22-20-17-14-11-7-2/h63-66,71H,6-62H2,1-5H3,(H,76,77)(H,78,79)/t63?,64-,65+,66+/m0/s1. The topological polar surface area (TPSA) is 237 Å². The molecule has 0 rings (SSSR count). The van der Waals surface area contributed by atoms with Gasteiger partial charge >= 0.3 is 39.5 Å². The third kappa shape index (κ3) is 63.2. The molecule has 6 atom stereocenters. The van der Waals surface area contributed by atoms with E-state index < -0.39 is 97.5 Å². The number of rotatable bonds is 70. The minimum Gasteiger partial charge on any atom is -0.462 e. The SMILES string of the molecule is CCCCCCCCCCCCCCCCCCCCC(=O)O[C@H](COC(=O)CCCCCCCCCCC(C)CC)COP(=O)(O)OC[C@@H](O)COP(=O)(O)OC[C@@H](COC(=O)CCCCCCCCC)OC(=O)CCCCCCCCCCCCCC. The lowest BCUT2D eigenvalue weighted by molar-refractivity contribution is -0.161. The summed E-state index contributed by atoms with van der Waals surface area (Å²) in [7, 11) is -9.89. The van der Waals surface area contributed by atoms with Crippen molar-refractivity contribution in [3.63, 3.8) is 0 Å². The molecule has 0 aromatic heterocycles. The molecule has 0 fully saturated rings. The number of esters is 4. The molecule has 3 unspecified atom stereocenters. The molecule has 528 valence electrons. The van der Waals surface area contributed by atoms with E-state index >= 15 is 0 Å². The molecule has 0 amide bonds. The van der Waals surface area contributed by atoms with Gasteiger partial charge in [-0.2, -0.15) is 0 Å². The lowest BCUT2D eigenvalue weighted by Gasteiger charge is -2.21. The molecule has 0 saturated heterocycles. The van der Waals surface area contributed by atoms with Gasteiger partial charge in [-0.15, -0.1) is 0 Å². The number of carbonyl (C=O) groups is 4. The van der Waals surface area contributed by atoms with Gasteiger partial charge in [-0.3, -0.25) is 37.3 Å². The first-order valence-corrected chi connectivity index (χ1v) is 39.7. The Morgan fingerprint density at radius 1 is 0.315 bits per heavy atom. The van der Waals surface area contributed by atoms with Crippen molar-refractivity contribution < 1.29 is 80.2 Å². The van der Waals surface area contributed by atoms with Gasteiger partial charge in [0.15, 0.2) is 12.2 Å². The monoisotopic (exact) mass is 1310 g/mol. The molecular formula is C70H136O17P2. The second kappa shape index (κ2) is 63.5. The molecule has 0 radical (unpaired) electrons. The first kappa shape index (κ1) is 87.1. The van der Waals surface area contributed by atoms with E-state index in [-0.39, 0.29) is 25.7 Å². The number of carbonyl (C=O) groups excluding carboxylic acids is 4. The van der Waals surface area contributed by atoms with Crippen LogP contribution in [0.3, 0.4) is 0 Å². The van der Waals surface area contributed by atoms with Crippen molar-refractivity contribution in [1.82, 2.24) is 0 Å². The van der Waals surface area contributed by atoms with Gasteiger partial charge in [-0.05, 0) is 31.6 Å². The molecule has 3 N–H and O–H groups in total. The van der Waals surface area contributed by atoms with Gasteiger partial charge in [-0.25, -0.2) is 9.13 Å².